The third-order valence-corrected chi connectivity index (χ3v) is 6.90. The molecule has 3 aromatic carbocycles. The van der Waals surface area contributed by atoms with Crippen LogP contribution < -0.4 is 10.6 Å². The molecule has 0 aliphatic carbocycles. The number of hydrogen-bond donors (Lipinski definition) is 2. The Balaban J connectivity index is 1.55. The largest absolute Gasteiger partial charge is 0.328 e. The lowest BCUT2D eigenvalue weighted by molar-refractivity contribution is 0.249. The van der Waals surface area contributed by atoms with Crippen LogP contribution in [-0.4, -0.2) is 20.8 Å². The van der Waals surface area contributed by atoms with Gasteiger partial charge in [-0.3, -0.25) is 4.57 Å². The Hall–Kier alpha value is -3.58. The fourth-order valence-corrected chi connectivity index (χ4v) is 4.79. The molecule has 1 aromatic heterocycles. The Morgan fingerprint density at radius 2 is 1.69 bits per heavy atom. The van der Waals surface area contributed by atoms with Crippen LogP contribution in [0.1, 0.15) is 48.0 Å². The zero-order chi connectivity index (χ0) is 24.8. The quantitative estimate of drug-likeness (QED) is 0.275. The lowest BCUT2D eigenvalue weighted by atomic mass is 10.1. The second-order valence-electron chi connectivity index (χ2n) is 8.60. The molecular weight excluding hydrogens is 454 g/mol. The fraction of sp³-hybridized carbons (Fsp3) is 0.250. The normalized spacial score (nSPS) is 11.8. The number of carbonyl (C=O) groups excluding carboxylic acids is 1. The van der Waals surface area contributed by atoms with Gasteiger partial charge in [0.05, 0.1) is 6.04 Å². The van der Waals surface area contributed by atoms with Crippen LogP contribution in [0, 0.1) is 13.8 Å². The Morgan fingerprint density at radius 1 is 0.971 bits per heavy atom. The molecule has 0 spiro atoms. The molecule has 2 N–H and O–H groups in total. The number of nitrogens with one attached hydrogen (secondary N) is 2. The predicted octanol–water partition coefficient (Wildman–Crippen LogP) is 6.62. The summed E-state index contributed by atoms with van der Waals surface area (Å²) in [6, 6.07) is 23.8. The highest BCUT2D eigenvalue weighted by atomic mass is 32.2. The van der Waals surface area contributed by atoms with Crippen LogP contribution >= 0.6 is 11.8 Å². The Bertz CT molecular complexity index is 1280. The molecule has 4 rings (SSSR count). The van der Waals surface area contributed by atoms with Gasteiger partial charge in [0.15, 0.2) is 11.0 Å². The number of aromatic nitrogens is 3. The van der Waals surface area contributed by atoms with E-state index in [1.807, 2.05) is 41.8 Å². The summed E-state index contributed by atoms with van der Waals surface area (Å²) < 4.78 is 2.03. The standard InChI is InChI=1S/C28H31N5OS/c1-5-22-12-14-24(15-13-22)30-27(34)29-21(4)26-31-32-28(33(26)25-16-10-19(2)11-17-25)35-18-23-9-7-6-8-20(23)3/h6-17,21H,5,18H2,1-4H3,(H2,29,30,34)/t21-/m1/s1. The Kier molecular flexibility index (Phi) is 7.87. The van der Waals surface area contributed by atoms with Gasteiger partial charge >= 0.3 is 6.03 Å². The molecule has 0 bridgehead atoms. The van der Waals surface area contributed by atoms with Crippen LogP contribution in [0.4, 0.5) is 10.5 Å². The molecule has 0 aliphatic heterocycles. The van der Waals surface area contributed by atoms with Crippen LogP contribution in [0.2, 0.25) is 0 Å². The second kappa shape index (κ2) is 11.2. The number of amides is 2. The summed E-state index contributed by atoms with van der Waals surface area (Å²) in [5.74, 6) is 1.46. The highest BCUT2D eigenvalue weighted by Crippen LogP contribution is 2.28. The zero-order valence-corrected chi connectivity index (χ0v) is 21.4. The molecule has 2 amide bonds. The molecule has 4 aromatic rings. The van der Waals surface area contributed by atoms with Crippen molar-refractivity contribution < 1.29 is 4.79 Å². The number of rotatable bonds is 8. The third kappa shape index (κ3) is 6.11. The van der Waals surface area contributed by atoms with E-state index >= 15 is 0 Å². The van der Waals surface area contributed by atoms with Gasteiger partial charge in [-0.1, -0.05) is 72.8 Å². The molecule has 6 nitrogen and oxygen atoms in total. The molecule has 0 unspecified atom stereocenters. The van der Waals surface area contributed by atoms with Crippen molar-refractivity contribution in [1.29, 1.82) is 0 Å². The van der Waals surface area contributed by atoms with Gasteiger partial charge in [0.25, 0.3) is 0 Å². The first-order chi connectivity index (χ1) is 16.9. The lowest BCUT2D eigenvalue weighted by Crippen LogP contribution is -2.32. The maximum absolute atomic E-state index is 12.7. The van der Waals surface area contributed by atoms with Crippen molar-refractivity contribution in [2.75, 3.05) is 5.32 Å². The molecule has 35 heavy (non-hydrogen) atoms. The van der Waals surface area contributed by atoms with E-state index in [-0.39, 0.29) is 12.1 Å². The maximum Gasteiger partial charge on any atom is 0.319 e. The highest BCUT2D eigenvalue weighted by molar-refractivity contribution is 7.98. The van der Waals surface area contributed by atoms with Gasteiger partial charge < -0.3 is 10.6 Å². The van der Waals surface area contributed by atoms with Crippen LogP contribution in [-0.2, 0) is 12.2 Å². The van der Waals surface area contributed by atoms with Gasteiger partial charge in [-0.15, -0.1) is 10.2 Å². The molecule has 0 saturated carbocycles. The summed E-state index contributed by atoms with van der Waals surface area (Å²) in [5, 5.41) is 15.7. The third-order valence-electron chi connectivity index (χ3n) is 5.92. The first-order valence-electron chi connectivity index (χ1n) is 11.8. The number of aryl methyl sites for hydroxylation is 3. The SMILES string of the molecule is CCc1ccc(NC(=O)N[C@H](C)c2nnc(SCc3ccccc3C)n2-c2ccc(C)cc2)cc1. The molecule has 0 aliphatic rings. The van der Waals surface area contributed by atoms with Crippen molar-refractivity contribution in [3.63, 3.8) is 0 Å². The van der Waals surface area contributed by atoms with E-state index in [4.69, 9.17) is 0 Å². The van der Waals surface area contributed by atoms with E-state index in [0.717, 1.165) is 28.7 Å². The molecule has 0 saturated heterocycles. The van der Waals surface area contributed by atoms with Crippen molar-refractivity contribution >= 4 is 23.5 Å². The number of carbonyl (C=O) groups is 1. The van der Waals surface area contributed by atoms with Crippen molar-refractivity contribution in [1.82, 2.24) is 20.1 Å². The summed E-state index contributed by atoms with van der Waals surface area (Å²) in [6.07, 6.45) is 0.961. The summed E-state index contributed by atoms with van der Waals surface area (Å²) in [5.41, 5.74) is 6.63. The summed E-state index contributed by atoms with van der Waals surface area (Å²) in [6.45, 7) is 8.21. The number of thioether (sulfide) groups is 1. The number of urea groups is 1. The van der Waals surface area contributed by atoms with Crippen LogP contribution in [0.15, 0.2) is 78.0 Å². The van der Waals surface area contributed by atoms with E-state index in [1.54, 1.807) is 11.8 Å². The molecule has 180 valence electrons. The highest BCUT2D eigenvalue weighted by Gasteiger charge is 2.21. The monoisotopic (exact) mass is 485 g/mol. The van der Waals surface area contributed by atoms with E-state index < -0.39 is 0 Å². The lowest BCUT2D eigenvalue weighted by Gasteiger charge is -2.17. The maximum atomic E-state index is 12.7. The van der Waals surface area contributed by atoms with Crippen LogP contribution in [0.25, 0.3) is 5.69 Å². The minimum Gasteiger partial charge on any atom is -0.328 e. The van der Waals surface area contributed by atoms with E-state index in [0.29, 0.717) is 5.82 Å². The Morgan fingerprint density at radius 3 is 2.37 bits per heavy atom. The topological polar surface area (TPSA) is 71.8 Å². The number of hydrogen-bond acceptors (Lipinski definition) is 4. The Labute approximate surface area is 211 Å². The van der Waals surface area contributed by atoms with Gasteiger partial charge in [-0.2, -0.15) is 0 Å². The van der Waals surface area contributed by atoms with Gasteiger partial charge in [0.1, 0.15) is 0 Å². The second-order valence-corrected chi connectivity index (χ2v) is 9.54. The first kappa shape index (κ1) is 24.5. The molecule has 0 radical (unpaired) electrons. The summed E-state index contributed by atoms with van der Waals surface area (Å²) in [4.78, 5) is 12.7. The molecular formula is C28H31N5OS. The van der Waals surface area contributed by atoms with Gasteiger partial charge in [0, 0.05) is 17.1 Å². The van der Waals surface area contributed by atoms with E-state index in [1.165, 1.54) is 22.3 Å². The molecule has 1 atom stereocenters. The van der Waals surface area contributed by atoms with Crippen LogP contribution in [0.5, 0.6) is 0 Å². The minimum absolute atomic E-state index is 0.283. The zero-order valence-electron chi connectivity index (χ0n) is 20.6. The molecule has 1 heterocycles. The van der Waals surface area contributed by atoms with E-state index in [9.17, 15) is 4.79 Å². The number of nitrogens with zero attached hydrogens (tertiary/aromatic N) is 3. The van der Waals surface area contributed by atoms with Crippen molar-refractivity contribution in [2.24, 2.45) is 0 Å². The fourth-order valence-electron chi connectivity index (χ4n) is 3.76. The van der Waals surface area contributed by atoms with Crippen molar-refractivity contribution in [2.45, 2.75) is 51.1 Å². The van der Waals surface area contributed by atoms with Gasteiger partial charge in [-0.25, -0.2) is 4.79 Å². The van der Waals surface area contributed by atoms with Gasteiger partial charge in [0.2, 0.25) is 0 Å². The predicted molar refractivity (Wildman–Crippen MR) is 143 cm³/mol. The van der Waals surface area contributed by atoms with Crippen molar-refractivity contribution in [3.8, 4) is 5.69 Å². The minimum atomic E-state index is -0.355. The van der Waals surface area contributed by atoms with Gasteiger partial charge in [-0.05, 0) is 68.1 Å². The first-order valence-corrected chi connectivity index (χ1v) is 12.8. The van der Waals surface area contributed by atoms with Crippen molar-refractivity contribution in [3.05, 3.63) is 101 Å². The summed E-state index contributed by atoms with van der Waals surface area (Å²) in [7, 11) is 0. The van der Waals surface area contributed by atoms with Crippen LogP contribution in [0.3, 0.4) is 0 Å². The molecule has 0 fully saturated rings. The smallest absolute Gasteiger partial charge is 0.319 e. The number of benzene rings is 3. The molecule has 7 heteroatoms. The summed E-state index contributed by atoms with van der Waals surface area (Å²) >= 11 is 1.64. The van der Waals surface area contributed by atoms with E-state index in [2.05, 4.69) is 84.1 Å². The number of anilines is 1. The average Bonchev–Trinajstić information content (AvgIpc) is 3.28. The average molecular weight is 486 g/mol.